The van der Waals surface area contributed by atoms with Gasteiger partial charge in [0.1, 0.15) is 18.6 Å². The van der Waals surface area contributed by atoms with E-state index in [0.29, 0.717) is 26.2 Å². The number of benzene rings is 2. The van der Waals surface area contributed by atoms with Crippen molar-refractivity contribution in [3.8, 4) is 5.75 Å². The van der Waals surface area contributed by atoms with Crippen molar-refractivity contribution in [2.24, 2.45) is 5.92 Å². The molecule has 11 heteroatoms. The second kappa shape index (κ2) is 23.0. The fourth-order valence-corrected chi connectivity index (χ4v) is 3.91. The van der Waals surface area contributed by atoms with Crippen LogP contribution >= 0.6 is 0 Å². The molecular weight excluding hydrogens is 573 g/mol. The zero-order valence-electron chi connectivity index (χ0n) is 27.2. The SMILES string of the molecule is CC.CCC(C)C(NCCOc1ccccc1CCCNC(=O)CNC)C(=O)N(C)CC=O.Cc1ccc(C(F)(F)F)cc1. The molecule has 0 aliphatic heterocycles. The largest absolute Gasteiger partial charge is 0.492 e. The summed E-state index contributed by atoms with van der Waals surface area (Å²) in [5.74, 6) is 0.867. The Balaban J connectivity index is 0.00000118. The van der Waals surface area contributed by atoms with Crippen LogP contribution < -0.4 is 20.7 Å². The number of rotatable bonds is 16. The summed E-state index contributed by atoms with van der Waals surface area (Å²) >= 11 is 0. The minimum atomic E-state index is -4.21. The molecule has 0 fully saturated rings. The van der Waals surface area contributed by atoms with Gasteiger partial charge in [0.15, 0.2) is 0 Å². The third-order valence-corrected chi connectivity index (χ3v) is 6.56. The number of ether oxygens (including phenoxy) is 1. The molecule has 8 nitrogen and oxygen atoms in total. The average molecular weight is 625 g/mol. The minimum Gasteiger partial charge on any atom is -0.492 e. The van der Waals surface area contributed by atoms with Gasteiger partial charge < -0.3 is 30.4 Å². The summed E-state index contributed by atoms with van der Waals surface area (Å²) in [6, 6.07) is 12.6. The van der Waals surface area contributed by atoms with Gasteiger partial charge in [0.05, 0.1) is 24.7 Å². The van der Waals surface area contributed by atoms with Crippen molar-refractivity contribution in [2.75, 3.05) is 46.9 Å². The van der Waals surface area contributed by atoms with Gasteiger partial charge in [0.25, 0.3) is 0 Å². The van der Waals surface area contributed by atoms with Crippen LogP contribution in [-0.2, 0) is 27.0 Å². The molecule has 0 saturated carbocycles. The number of carbonyl (C=O) groups is 3. The monoisotopic (exact) mass is 624 g/mol. The van der Waals surface area contributed by atoms with Crippen molar-refractivity contribution in [3.63, 3.8) is 0 Å². The van der Waals surface area contributed by atoms with Crippen molar-refractivity contribution in [1.82, 2.24) is 20.9 Å². The maximum Gasteiger partial charge on any atom is 0.416 e. The Hall–Kier alpha value is -3.44. The molecule has 0 bridgehead atoms. The Morgan fingerprint density at radius 1 is 1.05 bits per heavy atom. The zero-order chi connectivity index (χ0) is 33.5. The van der Waals surface area contributed by atoms with Gasteiger partial charge in [0.2, 0.25) is 11.8 Å². The Morgan fingerprint density at radius 3 is 2.25 bits per heavy atom. The van der Waals surface area contributed by atoms with E-state index < -0.39 is 11.7 Å². The van der Waals surface area contributed by atoms with E-state index in [1.807, 2.05) is 52.0 Å². The van der Waals surface area contributed by atoms with Crippen LogP contribution in [0, 0.1) is 12.8 Å². The Labute approximate surface area is 261 Å². The number of hydrogen-bond donors (Lipinski definition) is 3. The van der Waals surface area contributed by atoms with Gasteiger partial charge in [-0.1, -0.05) is 70.0 Å². The third kappa shape index (κ3) is 16.4. The van der Waals surface area contributed by atoms with Crippen LogP contribution in [0.3, 0.4) is 0 Å². The predicted octanol–water partition coefficient (Wildman–Crippen LogP) is 5.04. The number of nitrogens with zero attached hydrogens (tertiary/aromatic N) is 1. The number of amides is 2. The van der Waals surface area contributed by atoms with Crippen LogP contribution in [0.1, 0.15) is 57.2 Å². The van der Waals surface area contributed by atoms with Crippen molar-refractivity contribution >= 4 is 18.1 Å². The van der Waals surface area contributed by atoms with Crippen LogP contribution in [0.2, 0.25) is 0 Å². The minimum absolute atomic E-state index is 0.0118. The number of aryl methyl sites for hydroxylation is 2. The molecule has 2 aromatic carbocycles. The summed E-state index contributed by atoms with van der Waals surface area (Å²) in [4.78, 5) is 36.3. The maximum absolute atomic E-state index is 12.6. The van der Waals surface area contributed by atoms with Crippen molar-refractivity contribution in [3.05, 3.63) is 65.2 Å². The van der Waals surface area contributed by atoms with E-state index >= 15 is 0 Å². The molecule has 2 rings (SSSR count). The number of likely N-dealkylation sites (N-methyl/N-ethyl adjacent to an activating group) is 2. The van der Waals surface area contributed by atoms with E-state index in [-0.39, 0.29) is 30.3 Å². The van der Waals surface area contributed by atoms with Gasteiger partial charge in [0, 0.05) is 20.1 Å². The molecule has 0 heterocycles. The molecule has 0 saturated heterocycles. The summed E-state index contributed by atoms with van der Waals surface area (Å²) in [5, 5.41) is 8.99. The van der Waals surface area contributed by atoms with Crippen LogP contribution in [0.4, 0.5) is 13.2 Å². The molecule has 248 valence electrons. The lowest BCUT2D eigenvalue weighted by molar-refractivity contribution is -0.137. The van der Waals surface area contributed by atoms with E-state index in [0.717, 1.165) is 54.6 Å². The lowest BCUT2D eigenvalue weighted by Gasteiger charge is -2.27. The average Bonchev–Trinajstić information content (AvgIpc) is 3.00. The highest BCUT2D eigenvalue weighted by Crippen LogP contribution is 2.28. The number of aldehydes is 1. The molecule has 0 radical (unpaired) electrons. The molecule has 2 unspecified atom stereocenters. The summed E-state index contributed by atoms with van der Waals surface area (Å²) in [5.41, 5.74) is 1.33. The predicted molar refractivity (Wildman–Crippen MR) is 170 cm³/mol. The van der Waals surface area contributed by atoms with Crippen LogP contribution in [0.15, 0.2) is 48.5 Å². The number of para-hydroxylation sites is 1. The highest BCUT2D eigenvalue weighted by Gasteiger charge is 2.29. The molecule has 2 aromatic rings. The van der Waals surface area contributed by atoms with Crippen LogP contribution in [-0.4, -0.2) is 75.9 Å². The van der Waals surface area contributed by atoms with E-state index in [1.165, 1.54) is 17.0 Å². The fraction of sp³-hybridized carbons (Fsp3) is 0.545. The molecule has 0 aliphatic carbocycles. The Bertz CT molecular complexity index is 1080. The van der Waals surface area contributed by atoms with Crippen molar-refractivity contribution in [1.29, 1.82) is 0 Å². The quantitative estimate of drug-likeness (QED) is 0.179. The zero-order valence-corrected chi connectivity index (χ0v) is 27.2. The summed E-state index contributed by atoms with van der Waals surface area (Å²) in [6.45, 7) is 11.8. The van der Waals surface area contributed by atoms with Crippen LogP contribution in [0.25, 0.3) is 0 Å². The molecule has 44 heavy (non-hydrogen) atoms. The second-order valence-corrected chi connectivity index (χ2v) is 10.0. The number of carbonyl (C=O) groups excluding carboxylic acids is 3. The lowest BCUT2D eigenvalue weighted by Crippen LogP contribution is -2.50. The first-order chi connectivity index (χ1) is 20.9. The summed E-state index contributed by atoms with van der Waals surface area (Å²) in [7, 11) is 3.38. The highest BCUT2D eigenvalue weighted by molar-refractivity contribution is 5.83. The maximum atomic E-state index is 12.6. The van der Waals surface area contributed by atoms with Gasteiger partial charge in [-0.2, -0.15) is 13.2 Å². The van der Waals surface area contributed by atoms with Gasteiger partial charge in [-0.3, -0.25) is 9.59 Å². The number of nitrogens with one attached hydrogen (secondary N) is 3. The third-order valence-electron chi connectivity index (χ3n) is 6.56. The Kier molecular flexibility index (Phi) is 21.2. The highest BCUT2D eigenvalue weighted by atomic mass is 19.4. The molecule has 2 atom stereocenters. The number of halogens is 3. The van der Waals surface area contributed by atoms with E-state index in [4.69, 9.17) is 4.74 Å². The second-order valence-electron chi connectivity index (χ2n) is 10.0. The first-order valence-corrected chi connectivity index (χ1v) is 15.1. The van der Waals surface area contributed by atoms with Gasteiger partial charge >= 0.3 is 6.18 Å². The molecule has 0 spiro atoms. The number of hydrogen-bond acceptors (Lipinski definition) is 6. The van der Waals surface area contributed by atoms with Gasteiger partial charge in [-0.25, -0.2) is 0 Å². The van der Waals surface area contributed by atoms with Crippen LogP contribution in [0.5, 0.6) is 5.75 Å². The molecule has 3 N–H and O–H groups in total. The van der Waals surface area contributed by atoms with Gasteiger partial charge in [-0.05, 0) is 56.5 Å². The van der Waals surface area contributed by atoms with E-state index in [9.17, 15) is 27.6 Å². The normalized spacial score (nSPS) is 12.0. The number of alkyl halides is 3. The van der Waals surface area contributed by atoms with E-state index in [1.54, 1.807) is 21.0 Å². The summed E-state index contributed by atoms with van der Waals surface area (Å²) in [6.07, 6.45) is -1.01. The summed E-state index contributed by atoms with van der Waals surface area (Å²) < 4.78 is 41.7. The topological polar surface area (TPSA) is 99.8 Å². The first-order valence-electron chi connectivity index (χ1n) is 15.1. The van der Waals surface area contributed by atoms with E-state index in [2.05, 4.69) is 16.0 Å². The first kappa shape index (κ1) is 40.6. The molecule has 0 aromatic heterocycles. The van der Waals surface area contributed by atoms with Crippen molar-refractivity contribution < 1.29 is 32.3 Å². The Morgan fingerprint density at radius 2 is 1.68 bits per heavy atom. The van der Waals surface area contributed by atoms with Gasteiger partial charge in [-0.15, -0.1) is 0 Å². The lowest BCUT2D eigenvalue weighted by atomic mass is 9.98. The molecule has 0 aliphatic rings. The van der Waals surface area contributed by atoms with Crippen molar-refractivity contribution in [2.45, 2.75) is 66.1 Å². The molecule has 2 amide bonds. The molecular formula is C33H51F3N4O4. The standard InChI is InChI=1S/C23H38N4O4.C8H7F3.C2H6/c1-5-18(2)22(23(30)27(4)14-15-28)26-13-16-31-20-11-7-6-9-19(20)10-8-12-25-21(29)17-24-3;1-6-2-4-7(5-3-6)8(9,10)11;1-2/h6-7,9,11,15,18,22,24,26H,5,8,10,12-14,16-17H2,1-4H3,(H,25,29);2-5H,1H3;1-2H3. The smallest absolute Gasteiger partial charge is 0.416 e. The fourth-order valence-electron chi connectivity index (χ4n) is 3.91.